The second-order valence-corrected chi connectivity index (χ2v) is 4.77. The van der Waals surface area contributed by atoms with Gasteiger partial charge in [0.2, 0.25) is 0 Å². The van der Waals surface area contributed by atoms with Crippen LogP contribution in [0.15, 0.2) is 0 Å². The first-order chi connectivity index (χ1) is 6.95. The zero-order valence-corrected chi connectivity index (χ0v) is 13.8. The minimum Gasteiger partial charge on any atom is -0.748 e. The van der Waals surface area contributed by atoms with Crippen LogP contribution < -0.4 is 51.4 Å². The SMILES string of the molecule is CCC(=O)OCCCCCCS(=O)(=O)[O-].[K+]. The van der Waals surface area contributed by atoms with Crippen molar-refractivity contribution in [1.82, 2.24) is 0 Å². The number of rotatable bonds is 8. The first kappa shape index (κ1) is 19.4. The van der Waals surface area contributed by atoms with E-state index in [1.165, 1.54) is 0 Å². The molecule has 0 radical (unpaired) electrons. The van der Waals surface area contributed by atoms with Crippen molar-refractivity contribution in [3.8, 4) is 0 Å². The van der Waals surface area contributed by atoms with Crippen LogP contribution in [0.4, 0.5) is 0 Å². The van der Waals surface area contributed by atoms with E-state index in [1.807, 2.05) is 0 Å². The van der Waals surface area contributed by atoms with Crippen molar-refractivity contribution in [3.05, 3.63) is 0 Å². The minimum absolute atomic E-state index is 0. The number of carbonyl (C=O) groups excluding carboxylic acids is 1. The Morgan fingerprint density at radius 1 is 1.19 bits per heavy atom. The number of ether oxygens (including phenoxy) is 1. The first-order valence-electron chi connectivity index (χ1n) is 5.05. The van der Waals surface area contributed by atoms with Crippen LogP contribution in [0.2, 0.25) is 0 Å². The molecule has 5 nitrogen and oxygen atoms in total. The van der Waals surface area contributed by atoms with Crippen molar-refractivity contribution in [2.75, 3.05) is 12.4 Å². The average molecular weight is 276 g/mol. The molecule has 16 heavy (non-hydrogen) atoms. The Hall–Kier alpha value is 1.02. The van der Waals surface area contributed by atoms with Crippen molar-refractivity contribution in [2.24, 2.45) is 0 Å². The molecule has 7 heteroatoms. The van der Waals surface area contributed by atoms with Crippen LogP contribution >= 0.6 is 0 Å². The van der Waals surface area contributed by atoms with Gasteiger partial charge in [0.25, 0.3) is 0 Å². The molecule has 0 unspecified atom stereocenters. The molecule has 0 saturated carbocycles. The number of hydrogen-bond donors (Lipinski definition) is 0. The number of hydrogen-bond acceptors (Lipinski definition) is 5. The van der Waals surface area contributed by atoms with Gasteiger partial charge in [-0.05, 0) is 12.8 Å². The molecule has 0 atom stereocenters. The fourth-order valence-electron chi connectivity index (χ4n) is 1.02. The smallest absolute Gasteiger partial charge is 0.748 e. The summed E-state index contributed by atoms with van der Waals surface area (Å²) < 4.78 is 35.5. The molecular formula is C9H17KO5S. The predicted octanol–water partition coefficient (Wildman–Crippen LogP) is -1.95. The Morgan fingerprint density at radius 3 is 2.25 bits per heavy atom. The van der Waals surface area contributed by atoms with E-state index in [0.717, 1.165) is 6.42 Å². The molecule has 0 aromatic rings. The zero-order valence-electron chi connectivity index (χ0n) is 9.90. The van der Waals surface area contributed by atoms with Gasteiger partial charge in [0, 0.05) is 12.2 Å². The monoisotopic (exact) mass is 276 g/mol. The van der Waals surface area contributed by atoms with Crippen molar-refractivity contribution in [2.45, 2.75) is 39.0 Å². The molecule has 90 valence electrons. The molecule has 0 bridgehead atoms. The fraction of sp³-hybridized carbons (Fsp3) is 0.889. The maximum absolute atomic E-state index is 10.7. The molecular weight excluding hydrogens is 259 g/mol. The Bertz CT molecular complexity index is 276. The minimum atomic E-state index is -4.07. The van der Waals surface area contributed by atoms with E-state index in [9.17, 15) is 17.8 Å². The van der Waals surface area contributed by atoms with Crippen LogP contribution in [0.3, 0.4) is 0 Å². The molecule has 0 saturated heterocycles. The molecule has 0 aliphatic heterocycles. The van der Waals surface area contributed by atoms with Gasteiger partial charge in [-0.3, -0.25) is 4.79 Å². The van der Waals surface area contributed by atoms with Crippen LogP contribution in [0.1, 0.15) is 39.0 Å². The van der Waals surface area contributed by atoms with E-state index in [4.69, 9.17) is 4.74 Å². The van der Waals surface area contributed by atoms with Crippen LogP contribution in [0.5, 0.6) is 0 Å². The Labute approximate surface area is 139 Å². The zero-order chi connectivity index (χ0) is 11.7. The third kappa shape index (κ3) is 15.0. The molecule has 0 aliphatic rings. The van der Waals surface area contributed by atoms with Gasteiger partial charge in [-0.15, -0.1) is 0 Å². The second-order valence-electron chi connectivity index (χ2n) is 3.25. The van der Waals surface area contributed by atoms with Gasteiger partial charge in [-0.2, -0.15) is 0 Å². The van der Waals surface area contributed by atoms with E-state index in [0.29, 0.717) is 32.3 Å². The Balaban J connectivity index is 0. The van der Waals surface area contributed by atoms with Gasteiger partial charge >= 0.3 is 57.4 Å². The number of unbranched alkanes of at least 4 members (excludes halogenated alkanes) is 3. The van der Waals surface area contributed by atoms with E-state index >= 15 is 0 Å². The van der Waals surface area contributed by atoms with Crippen LogP contribution in [0.25, 0.3) is 0 Å². The summed E-state index contributed by atoms with van der Waals surface area (Å²) in [4.78, 5) is 10.7. The molecule has 0 aromatic carbocycles. The molecule has 0 spiro atoms. The number of carbonyl (C=O) groups is 1. The summed E-state index contributed by atoms with van der Waals surface area (Å²) in [6.45, 7) is 2.10. The largest absolute Gasteiger partial charge is 1.00 e. The average Bonchev–Trinajstić information content (AvgIpc) is 2.14. The van der Waals surface area contributed by atoms with Crippen molar-refractivity contribution in [3.63, 3.8) is 0 Å². The van der Waals surface area contributed by atoms with Crippen LogP contribution in [-0.4, -0.2) is 31.3 Å². The predicted molar refractivity (Wildman–Crippen MR) is 54.3 cm³/mol. The summed E-state index contributed by atoms with van der Waals surface area (Å²) in [6.07, 6.45) is 2.91. The quantitative estimate of drug-likeness (QED) is 0.223. The van der Waals surface area contributed by atoms with E-state index in [1.54, 1.807) is 6.92 Å². The second kappa shape index (κ2) is 11.1. The Kier molecular flexibility index (Phi) is 13.5. The van der Waals surface area contributed by atoms with Crippen molar-refractivity contribution in [1.29, 1.82) is 0 Å². The van der Waals surface area contributed by atoms with Gasteiger partial charge < -0.3 is 9.29 Å². The van der Waals surface area contributed by atoms with E-state index < -0.39 is 10.1 Å². The number of esters is 1. The summed E-state index contributed by atoms with van der Waals surface area (Å²) in [5, 5.41) is 0. The van der Waals surface area contributed by atoms with Gasteiger partial charge in [0.1, 0.15) is 0 Å². The summed E-state index contributed by atoms with van der Waals surface area (Å²) in [7, 11) is -4.07. The van der Waals surface area contributed by atoms with Crippen molar-refractivity contribution >= 4 is 16.1 Å². The van der Waals surface area contributed by atoms with Gasteiger partial charge in [0.05, 0.1) is 16.7 Å². The van der Waals surface area contributed by atoms with E-state index in [-0.39, 0.29) is 63.1 Å². The van der Waals surface area contributed by atoms with Crippen LogP contribution in [-0.2, 0) is 19.6 Å². The Morgan fingerprint density at radius 2 is 1.75 bits per heavy atom. The fourth-order valence-corrected chi connectivity index (χ4v) is 1.58. The molecule has 0 heterocycles. The molecule has 0 amide bonds. The molecule has 0 aliphatic carbocycles. The maximum Gasteiger partial charge on any atom is 1.00 e. The summed E-state index contributed by atoms with van der Waals surface area (Å²) >= 11 is 0. The van der Waals surface area contributed by atoms with Gasteiger partial charge in [0.15, 0.2) is 0 Å². The van der Waals surface area contributed by atoms with E-state index in [2.05, 4.69) is 0 Å². The molecule has 0 aromatic heterocycles. The van der Waals surface area contributed by atoms with Crippen LogP contribution in [0, 0.1) is 0 Å². The molecule has 0 fully saturated rings. The maximum atomic E-state index is 10.7. The third-order valence-electron chi connectivity index (χ3n) is 1.84. The topological polar surface area (TPSA) is 83.5 Å². The summed E-state index contributed by atoms with van der Waals surface area (Å²) in [6, 6.07) is 0. The summed E-state index contributed by atoms with van der Waals surface area (Å²) in [5.41, 5.74) is 0. The van der Waals surface area contributed by atoms with Gasteiger partial charge in [-0.25, -0.2) is 8.42 Å². The van der Waals surface area contributed by atoms with Gasteiger partial charge in [-0.1, -0.05) is 19.8 Å². The molecule has 0 N–H and O–H groups in total. The van der Waals surface area contributed by atoms with Crippen molar-refractivity contribution < 1.29 is 73.9 Å². The third-order valence-corrected chi connectivity index (χ3v) is 2.63. The molecule has 0 rings (SSSR count). The summed E-state index contributed by atoms with van der Waals surface area (Å²) in [5.74, 6) is -0.529. The first-order valence-corrected chi connectivity index (χ1v) is 6.62. The standard InChI is InChI=1S/C9H18O5S.K/c1-2-9(10)14-7-5-3-4-6-8-15(11,12)13;/h2-8H2,1H3,(H,11,12,13);/q;+1/p-1. The normalized spacial score (nSPS) is 10.6.